The normalized spacial score (nSPS) is 19.2. The molecule has 86 valence electrons. The van der Waals surface area contributed by atoms with Crippen molar-refractivity contribution in [2.75, 3.05) is 6.54 Å². The number of urea groups is 1. The van der Waals surface area contributed by atoms with Crippen LogP contribution in [0.25, 0.3) is 0 Å². The summed E-state index contributed by atoms with van der Waals surface area (Å²) >= 11 is 1.60. The van der Waals surface area contributed by atoms with Crippen LogP contribution in [0.1, 0.15) is 11.3 Å². The van der Waals surface area contributed by atoms with Gasteiger partial charge in [0.1, 0.15) is 0 Å². The van der Waals surface area contributed by atoms with Crippen molar-refractivity contribution in [3.63, 3.8) is 0 Å². The van der Waals surface area contributed by atoms with Gasteiger partial charge in [0.15, 0.2) is 0 Å². The lowest BCUT2D eigenvalue weighted by Crippen LogP contribution is -2.42. The van der Waals surface area contributed by atoms with Crippen LogP contribution in [0.3, 0.4) is 0 Å². The van der Waals surface area contributed by atoms with Gasteiger partial charge in [0.25, 0.3) is 0 Å². The molecule has 2 rings (SSSR count). The number of nitrogens with one attached hydrogen (secondary N) is 3. The van der Waals surface area contributed by atoms with Gasteiger partial charge in [-0.3, -0.25) is 4.79 Å². The third-order valence-electron chi connectivity index (χ3n) is 2.32. The van der Waals surface area contributed by atoms with E-state index in [-0.39, 0.29) is 18.0 Å². The molecule has 0 radical (unpaired) electrons. The second-order valence-corrected chi connectivity index (χ2v) is 4.64. The first kappa shape index (κ1) is 10.9. The number of amides is 3. The van der Waals surface area contributed by atoms with E-state index in [9.17, 15) is 9.59 Å². The van der Waals surface area contributed by atoms with E-state index in [0.29, 0.717) is 19.5 Å². The molecule has 2 heterocycles. The Morgan fingerprint density at radius 1 is 1.62 bits per heavy atom. The summed E-state index contributed by atoms with van der Waals surface area (Å²) < 4.78 is 0. The molecule has 0 aromatic carbocycles. The van der Waals surface area contributed by atoms with Gasteiger partial charge in [0.05, 0.1) is 12.6 Å². The predicted octanol–water partition coefficient (Wildman–Crippen LogP) is 0.436. The first-order valence-electron chi connectivity index (χ1n) is 5.07. The second kappa shape index (κ2) is 4.98. The summed E-state index contributed by atoms with van der Waals surface area (Å²) in [5, 5.41) is 10.1. The van der Waals surface area contributed by atoms with E-state index in [1.165, 1.54) is 0 Å². The van der Waals surface area contributed by atoms with E-state index in [1.807, 2.05) is 17.5 Å². The molecular formula is C10H13N3O2S. The van der Waals surface area contributed by atoms with Crippen LogP contribution >= 0.6 is 11.3 Å². The molecule has 3 N–H and O–H groups in total. The standard InChI is InChI=1S/C10H13N3O2S/c14-9-4-7(5-11-9)13-10(15)12-6-8-2-1-3-16-8/h1-3,7H,4-6H2,(H,11,14)(H2,12,13,15). The van der Waals surface area contributed by atoms with Crippen LogP contribution < -0.4 is 16.0 Å². The summed E-state index contributed by atoms with van der Waals surface area (Å²) in [5.41, 5.74) is 0. The average molecular weight is 239 g/mol. The molecule has 0 spiro atoms. The van der Waals surface area contributed by atoms with Crippen LogP contribution in [-0.4, -0.2) is 24.5 Å². The topological polar surface area (TPSA) is 70.2 Å². The van der Waals surface area contributed by atoms with Crippen molar-refractivity contribution >= 4 is 23.3 Å². The smallest absolute Gasteiger partial charge is 0.315 e. The Labute approximate surface area is 97.2 Å². The van der Waals surface area contributed by atoms with Gasteiger partial charge in [-0.2, -0.15) is 0 Å². The van der Waals surface area contributed by atoms with Crippen molar-refractivity contribution in [1.29, 1.82) is 0 Å². The summed E-state index contributed by atoms with van der Waals surface area (Å²) in [6.45, 7) is 1.04. The predicted molar refractivity (Wildman–Crippen MR) is 61.1 cm³/mol. The van der Waals surface area contributed by atoms with Gasteiger partial charge in [-0.05, 0) is 11.4 Å². The monoisotopic (exact) mass is 239 g/mol. The lowest BCUT2D eigenvalue weighted by atomic mass is 10.3. The maximum absolute atomic E-state index is 11.4. The van der Waals surface area contributed by atoms with Gasteiger partial charge in [-0.1, -0.05) is 6.07 Å². The number of carbonyl (C=O) groups excluding carboxylic acids is 2. The number of hydrogen-bond acceptors (Lipinski definition) is 3. The van der Waals surface area contributed by atoms with E-state index in [1.54, 1.807) is 11.3 Å². The molecule has 0 aliphatic carbocycles. The van der Waals surface area contributed by atoms with Crippen LogP contribution in [0.15, 0.2) is 17.5 Å². The minimum atomic E-state index is -0.227. The molecule has 1 aliphatic rings. The molecule has 16 heavy (non-hydrogen) atoms. The molecule has 1 saturated heterocycles. The fourth-order valence-electron chi connectivity index (χ4n) is 1.52. The van der Waals surface area contributed by atoms with E-state index < -0.39 is 0 Å². The van der Waals surface area contributed by atoms with Crippen molar-refractivity contribution in [2.45, 2.75) is 19.0 Å². The van der Waals surface area contributed by atoms with Gasteiger partial charge < -0.3 is 16.0 Å². The Hall–Kier alpha value is -1.56. The molecule has 0 saturated carbocycles. The Balaban J connectivity index is 1.70. The molecule has 1 unspecified atom stereocenters. The highest BCUT2D eigenvalue weighted by Gasteiger charge is 2.22. The summed E-state index contributed by atoms with van der Waals surface area (Å²) in [6, 6.07) is 3.59. The molecule has 1 atom stereocenters. The van der Waals surface area contributed by atoms with Crippen molar-refractivity contribution in [1.82, 2.24) is 16.0 Å². The van der Waals surface area contributed by atoms with Crippen molar-refractivity contribution in [2.24, 2.45) is 0 Å². The highest BCUT2D eigenvalue weighted by Crippen LogP contribution is 2.07. The van der Waals surface area contributed by atoms with Crippen LogP contribution in [-0.2, 0) is 11.3 Å². The summed E-state index contributed by atoms with van der Waals surface area (Å²) in [6.07, 6.45) is 0.367. The van der Waals surface area contributed by atoms with Crippen LogP contribution in [0.4, 0.5) is 4.79 Å². The van der Waals surface area contributed by atoms with Gasteiger partial charge in [0.2, 0.25) is 5.91 Å². The Bertz CT molecular complexity index is 377. The zero-order valence-electron chi connectivity index (χ0n) is 8.66. The quantitative estimate of drug-likeness (QED) is 0.716. The van der Waals surface area contributed by atoms with Gasteiger partial charge in [-0.15, -0.1) is 11.3 Å². The highest BCUT2D eigenvalue weighted by molar-refractivity contribution is 7.09. The molecule has 0 bridgehead atoms. The lowest BCUT2D eigenvalue weighted by Gasteiger charge is -2.10. The first-order valence-corrected chi connectivity index (χ1v) is 5.95. The SMILES string of the molecule is O=C1CC(NC(=O)NCc2cccs2)CN1. The fourth-order valence-corrected chi connectivity index (χ4v) is 2.17. The van der Waals surface area contributed by atoms with Crippen LogP contribution in [0.2, 0.25) is 0 Å². The number of hydrogen-bond donors (Lipinski definition) is 3. The largest absolute Gasteiger partial charge is 0.354 e. The van der Waals surface area contributed by atoms with Crippen LogP contribution in [0.5, 0.6) is 0 Å². The van der Waals surface area contributed by atoms with Crippen molar-refractivity contribution < 1.29 is 9.59 Å². The molecular weight excluding hydrogens is 226 g/mol. The van der Waals surface area contributed by atoms with Crippen LogP contribution in [0, 0.1) is 0 Å². The van der Waals surface area contributed by atoms with E-state index in [0.717, 1.165) is 4.88 Å². The van der Waals surface area contributed by atoms with E-state index >= 15 is 0 Å². The van der Waals surface area contributed by atoms with E-state index in [4.69, 9.17) is 0 Å². The molecule has 1 fully saturated rings. The minimum Gasteiger partial charge on any atom is -0.354 e. The lowest BCUT2D eigenvalue weighted by molar-refractivity contribution is -0.119. The molecule has 1 aliphatic heterocycles. The zero-order valence-corrected chi connectivity index (χ0v) is 9.47. The van der Waals surface area contributed by atoms with E-state index in [2.05, 4.69) is 16.0 Å². The number of thiophene rings is 1. The Kier molecular flexibility index (Phi) is 3.40. The molecule has 1 aromatic heterocycles. The maximum Gasteiger partial charge on any atom is 0.315 e. The molecule has 6 heteroatoms. The fraction of sp³-hybridized carbons (Fsp3) is 0.400. The number of rotatable bonds is 3. The molecule has 3 amide bonds. The molecule has 5 nitrogen and oxygen atoms in total. The summed E-state index contributed by atoms with van der Waals surface area (Å²) in [4.78, 5) is 23.4. The number of carbonyl (C=O) groups is 2. The van der Waals surface area contributed by atoms with Gasteiger partial charge >= 0.3 is 6.03 Å². The third kappa shape index (κ3) is 2.96. The van der Waals surface area contributed by atoms with Crippen molar-refractivity contribution in [3.05, 3.63) is 22.4 Å². The summed E-state index contributed by atoms with van der Waals surface area (Å²) in [7, 11) is 0. The van der Waals surface area contributed by atoms with Gasteiger partial charge in [-0.25, -0.2) is 4.79 Å². The van der Waals surface area contributed by atoms with Gasteiger partial charge in [0, 0.05) is 17.8 Å². The Morgan fingerprint density at radius 3 is 3.12 bits per heavy atom. The minimum absolute atomic E-state index is 0.0106. The zero-order chi connectivity index (χ0) is 11.4. The third-order valence-corrected chi connectivity index (χ3v) is 3.19. The molecule has 1 aromatic rings. The highest BCUT2D eigenvalue weighted by atomic mass is 32.1. The average Bonchev–Trinajstić information content (AvgIpc) is 2.87. The summed E-state index contributed by atoms with van der Waals surface area (Å²) in [5.74, 6) is -0.0106. The Morgan fingerprint density at radius 2 is 2.50 bits per heavy atom. The first-order chi connectivity index (χ1) is 7.74. The maximum atomic E-state index is 11.4. The van der Waals surface area contributed by atoms with Crippen molar-refractivity contribution in [3.8, 4) is 0 Å². The second-order valence-electron chi connectivity index (χ2n) is 3.61.